The van der Waals surface area contributed by atoms with Gasteiger partial charge in [0, 0.05) is 6.42 Å². The van der Waals surface area contributed by atoms with Gasteiger partial charge in [0.05, 0.1) is 24.4 Å². The molecule has 0 aromatic carbocycles. The zero-order valence-corrected chi connectivity index (χ0v) is 14.1. The highest BCUT2D eigenvalue weighted by Crippen LogP contribution is 2.38. The minimum absolute atomic E-state index is 0.443. The monoisotopic (exact) mass is 294 g/mol. The van der Waals surface area contributed by atoms with Gasteiger partial charge in [0.25, 0.3) is 0 Å². The van der Waals surface area contributed by atoms with Crippen LogP contribution in [0.2, 0.25) is 0 Å². The van der Waals surface area contributed by atoms with Crippen LogP contribution < -0.4 is 0 Å². The van der Waals surface area contributed by atoms with Gasteiger partial charge in [-0.3, -0.25) is 0 Å². The largest absolute Gasteiger partial charge is 0.369 e. The molecule has 2 saturated heterocycles. The summed E-state index contributed by atoms with van der Waals surface area (Å²) in [6.07, 6.45) is 17.0. The average molecular weight is 294 g/mol. The van der Waals surface area contributed by atoms with Crippen molar-refractivity contribution in [3.8, 4) is 0 Å². The molecule has 2 heterocycles. The van der Waals surface area contributed by atoms with Gasteiger partial charge in [-0.1, -0.05) is 64.9 Å². The third-order valence-corrected chi connectivity index (χ3v) is 4.76. The first kappa shape index (κ1) is 17.0. The summed E-state index contributed by atoms with van der Waals surface area (Å²) >= 11 is 0. The minimum Gasteiger partial charge on any atom is -0.369 e. The van der Waals surface area contributed by atoms with Crippen LogP contribution in [-0.2, 0) is 9.47 Å². The SMILES string of the molecule is C=CCC1OC1CC1OC1CCCCCCCCC(C)C. The van der Waals surface area contributed by atoms with Gasteiger partial charge in [-0.2, -0.15) is 0 Å². The van der Waals surface area contributed by atoms with E-state index in [0.29, 0.717) is 24.4 Å². The van der Waals surface area contributed by atoms with Crippen molar-refractivity contribution in [2.24, 2.45) is 5.92 Å². The maximum Gasteiger partial charge on any atom is 0.0877 e. The van der Waals surface area contributed by atoms with Crippen LogP contribution >= 0.6 is 0 Å². The van der Waals surface area contributed by atoms with Crippen LogP contribution in [0, 0.1) is 5.92 Å². The van der Waals surface area contributed by atoms with Gasteiger partial charge in [0.2, 0.25) is 0 Å². The first-order valence-corrected chi connectivity index (χ1v) is 9.12. The second-order valence-corrected chi connectivity index (χ2v) is 7.28. The summed E-state index contributed by atoms with van der Waals surface area (Å²) < 4.78 is 11.4. The Morgan fingerprint density at radius 2 is 1.48 bits per heavy atom. The molecule has 0 saturated carbocycles. The van der Waals surface area contributed by atoms with E-state index in [-0.39, 0.29) is 0 Å². The van der Waals surface area contributed by atoms with E-state index in [1.54, 1.807) is 0 Å². The van der Waals surface area contributed by atoms with Crippen LogP contribution in [-0.4, -0.2) is 24.4 Å². The zero-order valence-electron chi connectivity index (χ0n) is 14.1. The summed E-state index contributed by atoms with van der Waals surface area (Å²) in [5, 5.41) is 0. The van der Waals surface area contributed by atoms with E-state index in [1.807, 2.05) is 6.08 Å². The van der Waals surface area contributed by atoms with Gasteiger partial charge >= 0.3 is 0 Å². The van der Waals surface area contributed by atoms with Gasteiger partial charge in [-0.25, -0.2) is 0 Å². The van der Waals surface area contributed by atoms with Crippen LogP contribution in [0.4, 0.5) is 0 Å². The van der Waals surface area contributed by atoms with Crippen molar-refractivity contribution in [2.75, 3.05) is 0 Å². The molecule has 2 nitrogen and oxygen atoms in total. The Kier molecular flexibility index (Phi) is 7.25. The number of hydrogen-bond donors (Lipinski definition) is 0. The van der Waals surface area contributed by atoms with E-state index >= 15 is 0 Å². The second kappa shape index (κ2) is 8.95. The number of rotatable bonds is 13. The van der Waals surface area contributed by atoms with Crippen molar-refractivity contribution in [1.82, 2.24) is 0 Å². The summed E-state index contributed by atoms with van der Waals surface area (Å²) in [5.74, 6) is 0.871. The number of unbranched alkanes of at least 4 members (excludes halogenated alkanes) is 5. The molecule has 2 fully saturated rings. The van der Waals surface area contributed by atoms with Crippen molar-refractivity contribution in [2.45, 2.75) is 102 Å². The first-order valence-electron chi connectivity index (χ1n) is 9.12. The lowest BCUT2D eigenvalue weighted by molar-refractivity contribution is 0.320. The standard InChI is InChI=1S/C19H34O2/c1-4-11-16-18(20-16)14-19-17(21-19)13-10-8-6-5-7-9-12-15(2)3/h4,15-19H,1,5-14H2,2-3H3. The molecule has 21 heavy (non-hydrogen) atoms. The van der Waals surface area contributed by atoms with Crippen molar-refractivity contribution in [1.29, 1.82) is 0 Å². The smallest absolute Gasteiger partial charge is 0.0877 e. The van der Waals surface area contributed by atoms with Crippen molar-refractivity contribution < 1.29 is 9.47 Å². The second-order valence-electron chi connectivity index (χ2n) is 7.28. The van der Waals surface area contributed by atoms with Gasteiger partial charge in [0.15, 0.2) is 0 Å². The highest BCUT2D eigenvalue weighted by molar-refractivity contribution is 4.96. The fourth-order valence-electron chi connectivity index (χ4n) is 3.23. The Labute approximate surface area is 131 Å². The molecule has 2 aliphatic rings. The van der Waals surface area contributed by atoms with Crippen molar-refractivity contribution in [3.63, 3.8) is 0 Å². The van der Waals surface area contributed by atoms with E-state index in [2.05, 4.69) is 20.4 Å². The number of ether oxygens (including phenoxy) is 2. The molecule has 4 atom stereocenters. The summed E-state index contributed by atoms with van der Waals surface area (Å²) in [4.78, 5) is 0. The zero-order chi connectivity index (χ0) is 15.1. The molecular weight excluding hydrogens is 260 g/mol. The maximum atomic E-state index is 5.76. The molecule has 0 N–H and O–H groups in total. The molecule has 2 rings (SSSR count). The topological polar surface area (TPSA) is 25.1 Å². The lowest BCUT2D eigenvalue weighted by atomic mass is 10.0. The molecule has 2 heteroatoms. The van der Waals surface area contributed by atoms with Gasteiger partial charge in [0.1, 0.15) is 0 Å². The average Bonchev–Trinajstić information content (AvgIpc) is 3.34. The third-order valence-electron chi connectivity index (χ3n) is 4.76. The molecule has 0 aromatic heterocycles. The van der Waals surface area contributed by atoms with Crippen LogP contribution in [0.25, 0.3) is 0 Å². The summed E-state index contributed by atoms with van der Waals surface area (Å²) in [5.41, 5.74) is 0. The van der Waals surface area contributed by atoms with Crippen molar-refractivity contribution >= 4 is 0 Å². The van der Waals surface area contributed by atoms with E-state index in [0.717, 1.165) is 18.8 Å². The Morgan fingerprint density at radius 3 is 2.19 bits per heavy atom. The highest BCUT2D eigenvalue weighted by Gasteiger charge is 2.47. The molecule has 4 unspecified atom stereocenters. The molecule has 0 aromatic rings. The molecule has 0 spiro atoms. The van der Waals surface area contributed by atoms with E-state index in [4.69, 9.17) is 9.47 Å². The normalized spacial score (nSPS) is 30.6. The fraction of sp³-hybridized carbons (Fsp3) is 0.895. The van der Waals surface area contributed by atoms with E-state index in [1.165, 1.54) is 51.4 Å². The fourth-order valence-corrected chi connectivity index (χ4v) is 3.23. The van der Waals surface area contributed by atoms with Crippen LogP contribution in [0.5, 0.6) is 0 Å². The summed E-state index contributed by atoms with van der Waals surface area (Å²) in [6.45, 7) is 8.39. The highest BCUT2D eigenvalue weighted by atomic mass is 16.6. The Morgan fingerprint density at radius 1 is 0.857 bits per heavy atom. The van der Waals surface area contributed by atoms with Gasteiger partial charge in [-0.05, 0) is 18.8 Å². The van der Waals surface area contributed by atoms with E-state index in [9.17, 15) is 0 Å². The van der Waals surface area contributed by atoms with E-state index < -0.39 is 0 Å². The Balaban J connectivity index is 1.34. The maximum absolute atomic E-state index is 5.76. The molecule has 0 radical (unpaired) electrons. The number of hydrogen-bond acceptors (Lipinski definition) is 2. The molecule has 122 valence electrons. The predicted molar refractivity (Wildman–Crippen MR) is 88.5 cm³/mol. The molecule has 2 aliphatic heterocycles. The molecular formula is C19H34O2. The molecule has 0 amide bonds. The Bertz CT molecular complexity index is 300. The quantitative estimate of drug-likeness (QED) is 0.263. The van der Waals surface area contributed by atoms with Crippen LogP contribution in [0.1, 0.15) is 78.1 Å². The lowest BCUT2D eigenvalue weighted by Gasteiger charge is -2.04. The van der Waals surface area contributed by atoms with Gasteiger partial charge in [-0.15, -0.1) is 6.58 Å². The van der Waals surface area contributed by atoms with Crippen LogP contribution in [0.3, 0.4) is 0 Å². The van der Waals surface area contributed by atoms with Crippen LogP contribution in [0.15, 0.2) is 12.7 Å². The third kappa shape index (κ3) is 6.97. The summed E-state index contributed by atoms with van der Waals surface area (Å²) in [6, 6.07) is 0. The Hall–Kier alpha value is -0.340. The summed E-state index contributed by atoms with van der Waals surface area (Å²) in [7, 11) is 0. The minimum atomic E-state index is 0.443. The lowest BCUT2D eigenvalue weighted by Crippen LogP contribution is -2.01. The molecule has 0 bridgehead atoms. The number of epoxide rings is 2. The van der Waals surface area contributed by atoms with Gasteiger partial charge < -0.3 is 9.47 Å². The first-order chi connectivity index (χ1) is 10.2. The predicted octanol–water partition coefficient (Wildman–Crippen LogP) is 5.26. The molecule has 0 aliphatic carbocycles. The van der Waals surface area contributed by atoms with Crippen molar-refractivity contribution in [3.05, 3.63) is 12.7 Å².